The molecule has 1 aromatic carbocycles. The van der Waals surface area contributed by atoms with Crippen molar-refractivity contribution in [2.75, 3.05) is 0 Å². The van der Waals surface area contributed by atoms with Gasteiger partial charge in [0.1, 0.15) is 12.1 Å². The van der Waals surface area contributed by atoms with Crippen molar-refractivity contribution in [3.8, 4) is 17.8 Å². The zero-order valence-electron chi connectivity index (χ0n) is 10.0. The Labute approximate surface area is 125 Å². The first-order valence-electron chi connectivity index (χ1n) is 5.26. The number of nitro groups is 1. The Hall–Kier alpha value is -2.77. The lowest BCUT2D eigenvalue weighted by Crippen LogP contribution is -3.00. The van der Waals surface area contributed by atoms with Gasteiger partial charge in [0.25, 0.3) is 5.69 Å². The molecule has 6 nitrogen and oxygen atoms in total. The van der Waals surface area contributed by atoms with Crippen LogP contribution in [0.5, 0.6) is 0 Å². The molecule has 98 valence electrons. The number of rotatable bonds is 2. The third kappa shape index (κ3) is 2.79. The highest BCUT2D eigenvalue weighted by atomic mass is 79.9. The molecule has 1 heterocycles. The minimum atomic E-state index is -0.572. The van der Waals surface area contributed by atoms with E-state index < -0.39 is 4.92 Å². The first-order chi connectivity index (χ1) is 9.17. The van der Waals surface area contributed by atoms with Crippen LogP contribution in [0.4, 0.5) is 5.69 Å². The smallest absolute Gasteiger partial charge is 0.341 e. The number of aromatic nitrogens is 1. The van der Waals surface area contributed by atoms with E-state index in [4.69, 9.17) is 10.5 Å². The standard InChI is InChI=1S/C13H7N4O2.BrH/c14-8-10-6-12(16-4-2-1-3-5-16)13(17(18)19)7-11(10)9-15;/h1-7H;1H/q+1;/p-1. The fourth-order valence-corrected chi connectivity index (χ4v) is 1.67. The number of halogens is 1. The second-order valence-electron chi connectivity index (χ2n) is 3.65. The average Bonchev–Trinajstić information content (AvgIpc) is 2.46. The van der Waals surface area contributed by atoms with Crippen LogP contribution in [-0.2, 0) is 0 Å². The zero-order valence-corrected chi connectivity index (χ0v) is 11.6. The third-order valence-corrected chi connectivity index (χ3v) is 2.55. The minimum absolute atomic E-state index is 0. The van der Waals surface area contributed by atoms with Gasteiger partial charge in [0, 0.05) is 24.3 Å². The van der Waals surface area contributed by atoms with E-state index in [0.717, 1.165) is 6.07 Å². The Kier molecular flexibility index (Phi) is 4.90. The van der Waals surface area contributed by atoms with Crippen molar-refractivity contribution in [3.05, 3.63) is 64.0 Å². The van der Waals surface area contributed by atoms with Crippen molar-refractivity contribution in [3.63, 3.8) is 0 Å². The van der Waals surface area contributed by atoms with Gasteiger partial charge in [0.05, 0.1) is 16.1 Å². The molecule has 2 aromatic rings. The van der Waals surface area contributed by atoms with Gasteiger partial charge in [-0.2, -0.15) is 15.1 Å². The van der Waals surface area contributed by atoms with Crippen molar-refractivity contribution in [1.29, 1.82) is 10.5 Å². The molecule has 1 aromatic heterocycles. The summed E-state index contributed by atoms with van der Waals surface area (Å²) >= 11 is 0. The van der Waals surface area contributed by atoms with Gasteiger partial charge in [-0.15, -0.1) is 0 Å². The fraction of sp³-hybridized carbons (Fsp3) is 0. The summed E-state index contributed by atoms with van der Waals surface area (Å²) in [5.74, 6) is 0. The molecule has 0 bridgehead atoms. The van der Waals surface area contributed by atoms with Gasteiger partial charge in [-0.05, 0) is 0 Å². The lowest BCUT2D eigenvalue weighted by Gasteiger charge is -1.99. The van der Waals surface area contributed by atoms with Crippen LogP contribution in [0.15, 0.2) is 42.7 Å². The highest BCUT2D eigenvalue weighted by Crippen LogP contribution is 2.23. The predicted molar refractivity (Wildman–Crippen MR) is 64.1 cm³/mol. The van der Waals surface area contributed by atoms with Gasteiger partial charge in [-0.25, -0.2) is 0 Å². The summed E-state index contributed by atoms with van der Waals surface area (Å²) in [6, 6.07) is 11.3. The molecule has 0 N–H and O–H groups in total. The Morgan fingerprint density at radius 1 is 1.05 bits per heavy atom. The van der Waals surface area contributed by atoms with Gasteiger partial charge in [-0.3, -0.25) is 10.1 Å². The maximum atomic E-state index is 11.1. The topological polar surface area (TPSA) is 94.6 Å². The summed E-state index contributed by atoms with van der Waals surface area (Å²) < 4.78 is 1.53. The second kappa shape index (κ2) is 6.41. The molecular formula is C13H7BrN4O2. The van der Waals surface area contributed by atoms with Crippen LogP contribution in [0.2, 0.25) is 0 Å². The van der Waals surface area contributed by atoms with Crippen molar-refractivity contribution in [1.82, 2.24) is 0 Å². The molecule has 0 spiro atoms. The average molecular weight is 331 g/mol. The first kappa shape index (κ1) is 15.3. The molecule has 0 atom stereocenters. The quantitative estimate of drug-likeness (QED) is 0.385. The van der Waals surface area contributed by atoms with E-state index in [-0.39, 0.29) is 39.5 Å². The first-order valence-corrected chi connectivity index (χ1v) is 5.26. The summed E-state index contributed by atoms with van der Waals surface area (Å²) in [5.41, 5.74) is 0.141. The van der Waals surface area contributed by atoms with Crippen molar-refractivity contribution in [2.45, 2.75) is 0 Å². The highest BCUT2D eigenvalue weighted by Gasteiger charge is 2.25. The molecule has 0 amide bonds. The molecule has 20 heavy (non-hydrogen) atoms. The Morgan fingerprint density at radius 3 is 2.10 bits per heavy atom. The summed E-state index contributed by atoms with van der Waals surface area (Å²) in [4.78, 5) is 10.5. The molecule has 7 heteroatoms. The molecule has 0 radical (unpaired) electrons. The summed E-state index contributed by atoms with van der Waals surface area (Å²) in [7, 11) is 0. The van der Waals surface area contributed by atoms with Crippen LogP contribution in [-0.4, -0.2) is 4.92 Å². The van der Waals surface area contributed by atoms with Gasteiger partial charge >= 0.3 is 5.69 Å². The largest absolute Gasteiger partial charge is 1.00 e. The zero-order chi connectivity index (χ0) is 13.8. The Bertz CT molecular complexity index is 733. The maximum Gasteiger partial charge on any atom is 0.341 e. The number of benzene rings is 1. The van der Waals surface area contributed by atoms with Gasteiger partial charge in [-0.1, -0.05) is 6.07 Å². The van der Waals surface area contributed by atoms with E-state index in [1.807, 2.05) is 6.07 Å². The summed E-state index contributed by atoms with van der Waals surface area (Å²) in [5, 5.41) is 28.9. The van der Waals surface area contributed by atoms with E-state index in [2.05, 4.69) is 0 Å². The SMILES string of the molecule is N#Cc1cc([N+](=O)[O-])c(-[n+]2ccccc2)cc1C#N.[Br-]. The van der Waals surface area contributed by atoms with Crippen molar-refractivity contribution >= 4 is 5.69 Å². The third-order valence-electron chi connectivity index (χ3n) is 2.55. The lowest BCUT2D eigenvalue weighted by molar-refractivity contribution is -0.600. The minimum Gasteiger partial charge on any atom is -1.00 e. The fourth-order valence-electron chi connectivity index (χ4n) is 1.67. The molecule has 0 saturated heterocycles. The molecule has 0 unspecified atom stereocenters. The molecule has 0 aliphatic heterocycles. The van der Waals surface area contributed by atoms with E-state index >= 15 is 0 Å². The van der Waals surface area contributed by atoms with E-state index in [9.17, 15) is 10.1 Å². The molecule has 0 saturated carbocycles. The van der Waals surface area contributed by atoms with E-state index in [1.54, 1.807) is 36.7 Å². The van der Waals surface area contributed by atoms with Crippen LogP contribution >= 0.6 is 0 Å². The lowest BCUT2D eigenvalue weighted by atomic mass is 10.1. The second-order valence-corrected chi connectivity index (χ2v) is 3.65. The van der Waals surface area contributed by atoms with Crippen LogP contribution in [0.3, 0.4) is 0 Å². The molecule has 0 fully saturated rings. The normalized spacial score (nSPS) is 8.90. The van der Waals surface area contributed by atoms with Crippen molar-refractivity contribution < 1.29 is 26.5 Å². The number of nitrogens with zero attached hydrogens (tertiary/aromatic N) is 4. The molecule has 0 aliphatic carbocycles. The van der Waals surface area contributed by atoms with Crippen LogP contribution in [0.1, 0.15) is 11.1 Å². The van der Waals surface area contributed by atoms with Gasteiger partial charge < -0.3 is 17.0 Å². The number of hydrogen-bond acceptors (Lipinski definition) is 4. The van der Waals surface area contributed by atoms with Crippen LogP contribution < -0.4 is 21.5 Å². The number of nitro benzene ring substituents is 1. The Balaban J connectivity index is 0.00000200. The number of nitriles is 2. The van der Waals surface area contributed by atoms with E-state index in [0.29, 0.717) is 0 Å². The van der Waals surface area contributed by atoms with Gasteiger partial charge in [0.15, 0.2) is 12.4 Å². The molecule has 0 aliphatic rings. The molecule has 2 rings (SSSR count). The van der Waals surface area contributed by atoms with E-state index in [1.165, 1.54) is 10.6 Å². The summed E-state index contributed by atoms with van der Waals surface area (Å²) in [6.07, 6.45) is 3.27. The van der Waals surface area contributed by atoms with Crippen molar-refractivity contribution in [2.24, 2.45) is 0 Å². The summed E-state index contributed by atoms with van der Waals surface area (Å²) in [6.45, 7) is 0. The number of pyridine rings is 1. The predicted octanol–water partition coefficient (Wildman–Crippen LogP) is -1.38. The van der Waals surface area contributed by atoms with Crippen LogP contribution in [0.25, 0.3) is 5.69 Å². The maximum absolute atomic E-state index is 11.1. The monoisotopic (exact) mass is 330 g/mol. The number of hydrogen-bond donors (Lipinski definition) is 0. The Morgan fingerprint density at radius 2 is 1.60 bits per heavy atom. The van der Waals surface area contributed by atoms with Gasteiger partial charge in [0.2, 0.25) is 0 Å². The van der Waals surface area contributed by atoms with Crippen LogP contribution in [0, 0.1) is 32.8 Å². The highest BCUT2D eigenvalue weighted by molar-refractivity contribution is 5.59. The molecular weight excluding hydrogens is 324 g/mol.